The van der Waals surface area contributed by atoms with E-state index in [2.05, 4.69) is 12.1 Å². The molecule has 0 bridgehead atoms. The van der Waals surface area contributed by atoms with Gasteiger partial charge in [0.2, 0.25) is 5.91 Å². The minimum atomic E-state index is -0.161. The molecule has 1 unspecified atom stereocenters. The average molecular weight is 273 g/mol. The molecule has 20 heavy (non-hydrogen) atoms. The maximum Gasteiger partial charge on any atom is 0.229 e. The monoisotopic (exact) mass is 273 g/mol. The number of benzene rings is 1. The predicted octanol–water partition coefficient (Wildman–Crippen LogP) is 2.24. The lowest BCUT2D eigenvalue weighted by Gasteiger charge is -2.43. The third-order valence-corrected chi connectivity index (χ3v) is 4.98. The molecule has 1 saturated carbocycles. The molecular formula is C17H23NO2. The summed E-state index contributed by atoms with van der Waals surface area (Å²) in [6.07, 6.45) is 5.01. The quantitative estimate of drug-likeness (QED) is 0.914. The Bertz CT molecular complexity index is 467. The largest absolute Gasteiger partial charge is 0.396 e. The highest BCUT2D eigenvalue weighted by molar-refractivity contribution is 5.84. The standard InChI is InChI=1S/C17H23NO2/c19-13-15-7-10-18(12-15)16(20)17(8-4-9-17)11-14-5-2-1-3-6-14/h1-3,5-6,15,19H,4,7-13H2. The van der Waals surface area contributed by atoms with E-state index in [9.17, 15) is 9.90 Å². The predicted molar refractivity (Wildman–Crippen MR) is 78.2 cm³/mol. The van der Waals surface area contributed by atoms with Crippen molar-refractivity contribution >= 4 is 5.91 Å². The van der Waals surface area contributed by atoms with Crippen LogP contribution in [0, 0.1) is 11.3 Å². The van der Waals surface area contributed by atoms with Crippen LogP contribution in [0.5, 0.6) is 0 Å². The van der Waals surface area contributed by atoms with Crippen molar-refractivity contribution in [2.75, 3.05) is 19.7 Å². The third-order valence-electron chi connectivity index (χ3n) is 4.98. The lowest BCUT2D eigenvalue weighted by Crippen LogP contribution is -2.48. The van der Waals surface area contributed by atoms with Gasteiger partial charge in [0.1, 0.15) is 0 Å². The van der Waals surface area contributed by atoms with Gasteiger partial charge in [-0.05, 0) is 31.2 Å². The molecule has 1 aliphatic carbocycles. The number of carbonyl (C=O) groups excluding carboxylic acids is 1. The smallest absolute Gasteiger partial charge is 0.229 e. The second-order valence-corrected chi connectivity index (χ2v) is 6.38. The van der Waals surface area contributed by atoms with Crippen molar-refractivity contribution in [1.29, 1.82) is 0 Å². The van der Waals surface area contributed by atoms with E-state index in [1.807, 2.05) is 23.1 Å². The molecule has 1 aromatic carbocycles. The lowest BCUT2D eigenvalue weighted by atomic mass is 9.64. The number of carbonyl (C=O) groups is 1. The second kappa shape index (κ2) is 5.57. The topological polar surface area (TPSA) is 40.5 Å². The van der Waals surface area contributed by atoms with Crippen LogP contribution in [0.2, 0.25) is 0 Å². The summed E-state index contributed by atoms with van der Waals surface area (Å²) >= 11 is 0. The Morgan fingerprint density at radius 3 is 2.60 bits per heavy atom. The first-order valence-electron chi connectivity index (χ1n) is 7.68. The summed E-state index contributed by atoms with van der Waals surface area (Å²) < 4.78 is 0. The van der Waals surface area contributed by atoms with Gasteiger partial charge in [-0.1, -0.05) is 36.8 Å². The van der Waals surface area contributed by atoms with Crippen LogP contribution in [0.15, 0.2) is 30.3 Å². The Labute approximate surface area is 120 Å². The van der Waals surface area contributed by atoms with Crippen LogP contribution >= 0.6 is 0 Å². The van der Waals surface area contributed by atoms with Crippen LogP contribution in [-0.2, 0) is 11.2 Å². The van der Waals surface area contributed by atoms with E-state index >= 15 is 0 Å². The van der Waals surface area contributed by atoms with Crippen molar-refractivity contribution in [3.05, 3.63) is 35.9 Å². The van der Waals surface area contributed by atoms with Gasteiger partial charge in [-0.15, -0.1) is 0 Å². The molecular weight excluding hydrogens is 250 g/mol. The van der Waals surface area contributed by atoms with E-state index in [4.69, 9.17) is 0 Å². The fraction of sp³-hybridized carbons (Fsp3) is 0.588. The van der Waals surface area contributed by atoms with Gasteiger partial charge in [0, 0.05) is 25.6 Å². The average Bonchev–Trinajstić information content (AvgIpc) is 2.92. The summed E-state index contributed by atoms with van der Waals surface area (Å²) in [4.78, 5) is 14.8. The van der Waals surface area contributed by atoms with Gasteiger partial charge in [0.25, 0.3) is 0 Å². The SMILES string of the molecule is O=C(N1CCC(CO)C1)C1(Cc2ccccc2)CCC1. The van der Waals surface area contributed by atoms with Crippen LogP contribution in [0.4, 0.5) is 0 Å². The normalized spacial score (nSPS) is 24.4. The Hall–Kier alpha value is -1.35. The molecule has 1 aliphatic heterocycles. The van der Waals surface area contributed by atoms with Crippen LogP contribution in [0.1, 0.15) is 31.2 Å². The highest BCUT2D eigenvalue weighted by atomic mass is 16.3. The molecule has 0 radical (unpaired) electrons. The molecule has 1 amide bonds. The number of aliphatic hydroxyl groups is 1. The fourth-order valence-corrected chi connectivity index (χ4v) is 3.56. The minimum absolute atomic E-state index is 0.161. The molecule has 1 saturated heterocycles. The van der Waals surface area contributed by atoms with Crippen LogP contribution in [0.25, 0.3) is 0 Å². The molecule has 3 heteroatoms. The van der Waals surface area contributed by atoms with Crippen molar-refractivity contribution in [1.82, 2.24) is 4.90 Å². The molecule has 1 aromatic rings. The first-order valence-corrected chi connectivity index (χ1v) is 7.68. The zero-order chi connectivity index (χ0) is 14.0. The van der Waals surface area contributed by atoms with Crippen LogP contribution < -0.4 is 0 Å². The third kappa shape index (κ3) is 2.47. The number of hydrogen-bond acceptors (Lipinski definition) is 2. The van der Waals surface area contributed by atoms with E-state index in [0.717, 1.165) is 45.2 Å². The van der Waals surface area contributed by atoms with Gasteiger partial charge < -0.3 is 10.0 Å². The summed E-state index contributed by atoms with van der Waals surface area (Å²) in [6, 6.07) is 10.3. The molecule has 1 N–H and O–H groups in total. The van der Waals surface area contributed by atoms with E-state index in [0.29, 0.717) is 5.91 Å². The molecule has 0 spiro atoms. The molecule has 2 aliphatic rings. The van der Waals surface area contributed by atoms with Crippen molar-refractivity contribution in [3.8, 4) is 0 Å². The lowest BCUT2D eigenvalue weighted by molar-refractivity contribution is -0.146. The summed E-state index contributed by atoms with van der Waals surface area (Å²) in [5, 5.41) is 9.24. The minimum Gasteiger partial charge on any atom is -0.396 e. The van der Waals surface area contributed by atoms with Crippen molar-refractivity contribution in [3.63, 3.8) is 0 Å². The van der Waals surface area contributed by atoms with Gasteiger partial charge >= 0.3 is 0 Å². The number of nitrogens with zero attached hydrogens (tertiary/aromatic N) is 1. The van der Waals surface area contributed by atoms with E-state index in [1.54, 1.807) is 0 Å². The van der Waals surface area contributed by atoms with Gasteiger partial charge in [-0.25, -0.2) is 0 Å². The Balaban J connectivity index is 1.71. The number of rotatable bonds is 4. The molecule has 0 aromatic heterocycles. The highest BCUT2D eigenvalue weighted by Gasteiger charge is 2.47. The van der Waals surface area contributed by atoms with Crippen LogP contribution in [-0.4, -0.2) is 35.6 Å². The first kappa shape index (κ1) is 13.6. The van der Waals surface area contributed by atoms with E-state index in [-0.39, 0.29) is 17.9 Å². The number of aliphatic hydroxyl groups excluding tert-OH is 1. The second-order valence-electron chi connectivity index (χ2n) is 6.38. The maximum atomic E-state index is 12.9. The van der Waals surface area contributed by atoms with Gasteiger partial charge in [-0.3, -0.25) is 4.79 Å². The summed E-state index contributed by atoms with van der Waals surface area (Å²) in [6.45, 7) is 1.77. The zero-order valence-electron chi connectivity index (χ0n) is 11.9. The number of hydrogen-bond donors (Lipinski definition) is 1. The van der Waals surface area contributed by atoms with Gasteiger partial charge in [0.05, 0.1) is 5.41 Å². The summed E-state index contributed by atoms with van der Waals surface area (Å²) in [7, 11) is 0. The molecule has 3 nitrogen and oxygen atoms in total. The number of likely N-dealkylation sites (tertiary alicyclic amines) is 1. The summed E-state index contributed by atoms with van der Waals surface area (Å²) in [5.41, 5.74) is 1.10. The van der Waals surface area contributed by atoms with Gasteiger partial charge in [-0.2, -0.15) is 0 Å². The number of amides is 1. The molecule has 1 heterocycles. The Kier molecular flexibility index (Phi) is 3.79. The molecule has 3 rings (SSSR count). The van der Waals surface area contributed by atoms with Gasteiger partial charge in [0.15, 0.2) is 0 Å². The molecule has 2 fully saturated rings. The van der Waals surface area contributed by atoms with Crippen molar-refractivity contribution < 1.29 is 9.90 Å². The van der Waals surface area contributed by atoms with Crippen LogP contribution in [0.3, 0.4) is 0 Å². The summed E-state index contributed by atoms with van der Waals surface area (Å²) in [5.74, 6) is 0.608. The fourth-order valence-electron chi connectivity index (χ4n) is 3.56. The Morgan fingerprint density at radius 1 is 1.30 bits per heavy atom. The van der Waals surface area contributed by atoms with Crippen molar-refractivity contribution in [2.45, 2.75) is 32.1 Å². The highest BCUT2D eigenvalue weighted by Crippen LogP contribution is 2.45. The van der Waals surface area contributed by atoms with E-state index < -0.39 is 0 Å². The van der Waals surface area contributed by atoms with Crippen molar-refractivity contribution in [2.24, 2.45) is 11.3 Å². The van der Waals surface area contributed by atoms with E-state index in [1.165, 1.54) is 5.56 Å². The Morgan fingerprint density at radius 2 is 2.05 bits per heavy atom. The zero-order valence-corrected chi connectivity index (χ0v) is 11.9. The first-order chi connectivity index (χ1) is 9.73. The molecule has 108 valence electrons. The maximum absolute atomic E-state index is 12.9. The molecule has 1 atom stereocenters.